The molecule has 1 spiro atoms. The summed E-state index contributed by atoms with van der Waals surface area (Å²) >= 11 is 1.89. The maximum atomic E-state index is 4.60. The lowest BCUT2D eigenvalue weighted by Crippen LogP contribution is -2.28. The first-order valence-corrected chi connectivity index (χ1v) is 8.17. The van der Waals surface area contributed by atoms with Crippen molar-refractivity contribution < 1.29 is 0 Å². The van der Waals surface area contributed by atoms with Crippen LogP contribution in [0.5, 0.6) is 0 Å². The smallest absolute Gasteiger partial charge is 0.0981 e. The second-order valence-corrected chi connectivity index (χ2v) is 8.38. The van der Waals surface area contributed by atoms with Crippen LogP contribution in [0, 0.1) is 5.41 Å². The highest BCUT2D eigenvalue weighted by Gasteiger charge is 2.40. The van der Waals surface area contributed by atoms with Gasteiger partial charge < -0.3 is 5.32 Å². The topological polar surface area (TPSA) is 28.2 Å². The highest BCUT2D eigenvalue weighted by molar-refractivity contribution is 7.11. The van der Waals surface area contributed by atoms with Crippen LogP contribution in [0.15, 0.2) is 6.20 Å². The van der Waals surface area contributed by atoms with Crippen LogP contribution in [-0.4, -0.2) is 36.1 Å². The Hall–Kier alpha value is -0.450. The van der Waals surface area contributed by atoms with E-state index in [0.717, 1.165) is 6.54 Å². The van der Waals surface area contributed by atoms with Gasteiger partial charge in [0.15, 0.2) is 0 Å². The van der Waals surface area contributed by atoms with Gasteiger partial charge in [-0.3, -0.25) is 4.90 Å². The lowest BCUT2D eigenvalue weighted by Gasteiger charge is -2.22. The van der Waals surface area contributed by atoms with Crippen molar-refractivity contribution in [1.82, 2.24) is 15.2 Å². The molecule has 0 saturated carbocycles. The molecule has 1 unspecified atom stereocenters. The van der Waals surface area contributed by atoms with Gasteiger partial charge >= 0.3 is 0 Å². The van der Waals surface area contributed by atoms with Gasteiger partial charge in [0, 0.05) is 36.1 Å². The van der Waals surface area contributed by atoms with Gasteiger partial charge in [0.05, 0.1) is 5.01 Å². The van der Waals surface area contributed by atoms with Crippen molar-refractivity contribution in [1.29, 1.82) is 0 Å². The summed E-state index contributed by atoms with van der Waals surface area (Å²) < 4.78 is 0. The summed E-state index contributed by atoms with van der Waals surface area (Å²) in [6.45, 7) is 12.8. The van der Waals surface area contributed by atoms with E-state index in [1.807, 2.05) is 11.3 Å². The van der Waals surface area contributed by atoms with Gasteiger partial charge in [-0.25, -0.2) is 4.98 Å². The lowest BCUT2D eigenvalue weighted by atomic mass is 9.87. The molecule has 2 aliphatic rings. The molecule has 19 heavy (non-hydrogen) atoms. The molecule has 0 aliphatic carbocycles. The highest BCUT2D eigenvalue weighted by Crippen LogP contribution is 2.37. The zero-order chi connectivity index (χ0) is 13.5. The maximum Gasteiger partial charge on any atom is 0.0981 e. The van der Waals surface area contributed by atoms with E-state index in [4.69, 9.17) is 0 Å². The molecular formula is C15H25N3S. The van der Waals surface area contributed by atoms with Crippen LogP contribution >= 0.6 is 11.3 Å². The summed E-state index contributed by atoms with van der Waals surface area (Å²) in [6, 6.07) is 0. The molecule has 2 aliphatic heterocycles. The minimum Gasteiger partial charge on any atom is -0.316 e. The van der Waals surface area contributed by atoms with Crippen LogP contribution in [-0.2, 0) is 12.0 Å². The lowest BCUT2D eigenvalue weighted by molar-refractivity contribution is 0.270. The van der Waals surface area contributed by atoms with Gasteiger partial charge in [-0.1, -0.05) is 20.8 Å². The Labute approximate surface area is 120 Å². The second kappa shape index (κ2) is 4.83. The molecule has 2 fully saturated rings. The van der Waals surface area contributed by atoms with Crippen molar-refractivity contribution in [2.45, 2.75) is 45.6 Å². The molecule has 0 amide bonds. The summed E-state index contributed by atoms with van der Waals surface area (Å²) in [7, 11) is 0. The van der Waals surface area contributed by atoms with E-state index in [9.17, 15) is 0 Å². The Bertz CT molecular complexity index is 440. The standard InChI is InChI=1S/C15H25N3S/c1-14(2,3)13-17-8-12(19-13)9-18-7-5-15(11-18)4-6-16-10-15/h8,16H,4-7,9-11H2,1-3H3. The van der Waals surface area contributed by atoms with Crippen LogP contribution in [0.25, 0.3) is 0 Å². The van der Waals surface area contributed by atoms with Gasteiger partial charge in [-0.2, -0.15) is 0 Å². The van der Waals surface area contributed by atoms with E-state index in [1.165, 1.54) is 48.9 Å². The quantitative estimate of drug-likeness (QED) is 0.902. The van der Waals surface area contributed by atoms with Crippen molar-refractivity contribution in [2.24, 2.45) is 5.41 Å². The minimum absolute atomic E-state index is 0.185. The van der Waals surface area contributed by atoms with Crippen LogP contribution in [0.4, 0.5) is 0 Å². The fraction of sp³-hybridized carbons (Fsp3) is 0.800. The molecule has 4 heteroatoms. The van der Waals surface area contributed by atoms with E-state index in [2.05, 4.69) is 42.2 Å². The average molecular weight is 279 g/mol. The van der Waals surface area contributed by atoms with Crippen molar-refractivity contribution in [3.63, 3.8) is 0 Å². The van der Waals surface area contributed by atoms with Gasteiger partial charge in [0.1, 0.15) is 0 Å². The van der Waals surface area contributed by atoms with Gasteiger partial charge in [-0.05, 0) is 31.3 Å². The second-order valence-electron chi connectivity index (χ2n) is 7.27. The zero-order valence-corrected chi connectivity index (χ0v) is 13.1. The SMILES string of the molecule is CC(C)(C)c1ncc(CN2CCC3(CCNC3)C2)s1. The summed E-state index contributed by atoms with van der Waals surface area (Å²) in [6.07, 6.45) is 4.81. The Morgan fingerprint density at radius 3 is 2.89 bits per heavy atom. The van der Waals surface area contributed by atoms with Gasteiger partial charge in [0.2, 0.25) is 0 Å². The molecule has 3 nitrogen and oxygen atoms in total. The predicted molar refractivity (Wildman–Crippen MR) is 80.6 cm³/mol. The molecule has 0 bridgehead atoms. The summed E-state index contributed by atoms with van der Waals surface area (Å²) in [4.78, 5) is 8.64. The van der Waals surface area contributed by atoms with Gasteiger partial charge in [0.25, 0.3) is 0 Å². The molecule has 2 saturated heterocycles. The first-order chi connectivity index (χ1) is 8.97. The van der Waals surface area contributed by atoms with E-state index < -0.39 is 0 Å². The summed E-state index contributed by atoms with van der Waals surface area (Å²) in [5.74, 6) is 0. The normalized spacial score (nSPS) is 28.6. The number of thiazole rings is 1. The number of likely N-dealkylation sites (tertiary alicyclic amines) is 1. The molecule has 1 aromatic rings. The van der Waals surface area contributed by atoms with Crippen LogP contribution < -0.4 is 5.32 Å². The molecular weight excluding hydrogens is 254 g/mol. The van der Waals surface area contributed by atoms with Gasteiger partial charge in [-0.15, -0.1) is 11.3 Å². The number of nitrogens with zero attached hydrogens (tertiary/aromatic N) is 2. The Kier molecular flexibility index (Phi) is 3.44. The van der Waals surface area contributed by atoms with Crippen molar-refractivity contribution in [3.8, 4) is 0 Å². The number of nitrogens with one attached hydrogen (secondary N) is 1. The summed E-state index contributed by atoms with van der Waals surface area (Å²) in [5.41, 5.74) is 0.766. The van der Waals surface area contributed by atoms with Crippen LogP contribution in [0.3, 0.4) is 0 Å². The first-order valence-electron chi connectivity index (χ1n) is 7.35. The maximum absolute atomic E-state index is 4.60. The van der Waals surface area contributed by atoms with E-state index in [-0.39, 0.29) is 5.41 Å². The van der Waals surface area contributed by atoms with Crippen molar-refractivity contribution in [2.75, 3.05) is 26.2 Å². The van der Waals surface area contributed by atoms with Crippen LogP contribution in [0.1, 0.15) is 43.5 Å². The third-order valence-corrected chi connectivity index (χ3v) is 5.83. The Balaban J connectivity index is 1.62. The minimum atomic E-state index is 0.185. The van der Waals surface area contributed by atoms with E-state index in [1.54, 1.807) is 0 Å². The Morgan fingerprint density at radius 2 is 2.26 bits per heavy atom. The largest absolute Gasteiger partial charge is 0.316 e. The van der Waals surface area contributed by atoms with E-state index >= 15 is 0 Å². The third-order valence-electron chi connectivity index (χ3n) is 4.42. The summed E-state index contributed by atoms with van der Waals surface area (Å²) in [5, 5.41) is 4.79. The number of aromatic nitrogens is 1. The molecule has 0 aromatic carbocycles. The molecule has 1 aromatic heterocycles. The predicted octanol–water partition coefficient (Wildman–Crippen LogP) is 2.63. The molecule has 3 rings (SSSR count). The monoisotopic (exact) mass is 279 g/mol. The molecule has 1 atom stereocenters. The van der Waals surface area contributed by atoms with Crippen molar-refractivity contribution in [3.05, 3.63) is 16.1 Å². The van der Waals surface area contributed by atoms with Crippen molar-refractivity contribution >= 4 is 11.3 Å². The highest BCUT2D eigenvalue weighted by atomic mass is 32.1. The number of hydrogen-bond donors (Lipinski definition) is 1. The molecule has 1 N–H and O–H groups in total. The molecule has 0 radical (unpaired) electrons. The number of hydrogen-bond acceptors (Lipinski definition) is 4. The fourth-order valence-corrected chi connectivity index (χ4v) is 4.27. The Morgan fingerprint density at radius 1 is 1.42 bits per heavy atom. The van der Waals surface area contributed by atoms with E-state index in [0.29, 0.717) is 5.41 Å². The third kappa shape index (κ3) is 2.86. The number of rotatable bonds is 2. The average Bonchev–Trinajstić information content (AvgIpc) is 3.01. The molecule has 3 heterocycles. The fourth-order valence-electron chi connectivity index (χ4n) is 3.25. The molecule has 106 valence electrons. The first kappa shape index (κ1) is 13.5. The van der Waals surface area contributed by atoms with Crippen LogP contribution in [0.2, 0.25) is 0 Å². The zero-order valence-electron chi connectivity index (χ0n) is 12.3.